The number of fused-ring (bicyclic) bond motifs is 1. The Morgan fingerprint density at radius 3 is 2.75 bits per heavy atom. The minimum absolute atomic E-state index is 0.289. The van der Waals surface area contributed by atoms with Crippen molar-refractivity contribution in [3.63, 3.8) is 0 Å². The van der Waals surface area contributed by atoms with E-state index in [1.165, 1.54) is 21.9 Å². The molecule has 0 saturated heterocycles. The summed E-state index contributed by atoms with van der Waals surface area (Å²) in [6.07, 6.45) is 7.43. The van der Waals surface area contributed by atoms with Crippen LogP contribution < -0.4 is 5.32 Å². The van der Waals surface area contributed by atoms with Gasteiger partial charge in [-0.15, -0.1) is 0 Å². The van der Waals surface area contributed by atoms with Gasteiger partial charge >= 0.3 is 0 Å². The highest BCUT2D eigenvalue weighted by molar-refractivity contribution is 5.81. The lowest BCUT2D eigenvalue weighted by atomic mass is 10.1. The van der Waals surface area contributed by atoms with Crippen molar-refractivity contribution in [1.29, 1.82) is 0 Å². The lowest BCUT2D eigenvalue weighted by molar-refractivity contribution is 0.573. The molecule has 0 bridgehead atoms. The van der Waals surface area contributed by atoms with Crippen molar-refractivity contribution in [1.82, 2.24) is 15.3 Å². The predicted octanol–water partition coefficient (Wildman–Crippen LogP) is 3.48. The van der Waals surface area contributed by atoms with Gasteiger partial charge < -0.3 is 5.32 Å². The highest BCUT2D eigenvalue weighted by Gasteiger charge is 2.04. The standard InChI is InChI=1S/C17H17N3/c1-13(16-3-2-7-18-11-16)20-10-14-4-5-17-12-19-8-6-15(17)9-14/h2-9,11-13,20H,10H2,1H3. The molecule has 2 heterocycles. The van der Waals surface area contributed by atoms with Gasteiger partial charge in [0.15, 0.2) is 0 Å². The molecule has 1 unspecified atom stereocenters. The van der Waals surface area contributed by atoms with E-state index < -0.39 is 0 Å². The average Bonchev–Trinajstić information content (AvgIpc) is 2.53. The number of hydrogen-bond donors (Lipinski definition) is 1. The molecule has 0 aliphatic rings. The van der Waals surface area contributed by atoms with Gasteiger partial charge in [-0.3, -0.25) is 9.97 Å². The fourth-order valence-corrected chi connectivity index (χ4v) is 2.26. The van der Waals surface area contributed by atoms with E-state index in [4.69, 9.17) is 0 Å². The van der Waals surface area contributed by atoms with Crippen LogP contribution in [0.15, 0.2) is 61.2 Å². The van der Waals surface area contributed by atoms with E-state index in [2.05, 4.69) is 46.5 Å². The Hall–Kier alpha value is -2.26. The van der Waals surface area contributed by atoms with Crippen LogP contribution in [-0.4, -0.2) is 9.97 Å². The number of rotatable bonds is 4. The molecule has 0 aliphatic heterocycles. The number of benzene rings is 1. The zero-order valence-corrected chi connectivity index (χ0v) is 11.5. The number of nitrogens with zero attached hydrogens (tertiary/aromatic N) is 2. The van der Waals surface area contributed by atoms with E-state index in [0.29, 0.717) is 0 Å². The highest BCUT2D eigenvalue weighted by Crippen LogP contribution is 2.16. The van der Waals surface area contributed by atoms with Gasteiger partial charge in [0.05, 0.1) is 0 Å². The number of aromatic nitrogens is 2. The van der Waals surface area contributed by atoms with Crippen LogP contribution in [0, 0.1) is 0 Å². The summed E-state index contributed by atoms with van der Waals surface area (Å²) >= 11 is 0. The summed E-state index contributed by atoms with van der Waals surface area (Å²) in [7, 11) is 0. The summed E-state index contributed by atoms with van der Waals surface area (Å²) in [5.41, 5.74) is 2.48. The number of pyridine rings is 2. The van der Waals surface area contributed by atoms with Crippen LogP contribution in [0.4, 0.5) is 0 Å². The van der Waals surface area contributed by atoms with Crippen molar-refractivity contribution >= 4 is 10.8 Å². The van der Waals surface area contributed by atoms with Crippen molar-refractivity contribution in [2.24, 2.45) is 0 Å². The molecule has 20 heavy (non-hydrogen) atoms. The molecule has 3 nitrogen and oxygen atoms in total. The predicted molar refractivity (Wildman–Crippen MR) is 81.2 cm³/mol. The van der Waals surface area contributed by atoms with Crippen LogP contribution in [0.2, 0.25) is 0 Å². The molecule has 0 spiro atoms. The van der Waals surface area contributed by atoms with Crippen LogP contribution in [0.1, 0.15) is 24.1 Å². The summed E-state index contributed by atoms with van der Waals surface area (Å²) in [6, 6.07) is 12.9. The lowest BCUT2D eigenvalue weighted by Gasteiger charge is -2.14. The quantitative estimate of drug-likeness (QED) is 0.783. The monoisotopic (exact) mass is 263 g/mol. The zero-order valence-electron chi connectivity index (χ0n) is 11.5. The van der Waals surface area contributed by atoms with Crippen LogP contribution >= 0.6 is 0 Å². The van der Waals surface area contributed by atoms with E-state index in [9.17, 15) is 0 Å². The smallest absolute Gasteiger partial charge is 0.0346 e. The summed E-state index contributed by atoms with van der Waals surface area (Å²) < 4.78 is 0. The van der Waals surface area contributed by atoms with E-state index >= 15 is 0 Å². The van der Waals surface area contributed by atoms with E-state index in [0.717, 1.165) is 6.54 Å². The van der Waals surface area contributed by atoms with Gasteiger partial charge in [0.2, 0.25) is 0 Å². The van der Waals surface area contributed by atoms with Crippen LogP contribution in [0.3, 0.4) is 0 Å². The van der Waals surface area contributed by atoms with Gasteiger partial charge in [-0.2, -0.15) is 0 Å². The molecule has 3 rings (SSSR count). The maximum Gasteiger partial charge on any atom is 0.0346 e. The minimum atomic E-state index is 0.289. The van der Waals surface area contributed by atoms with Crippen molar-refractivity contribution in [3.8, 4) is 0 Å². The van der Waals surface area contributed by atoms with E-state index in [1.54, 1.807) is 6.20 Å². The Kier molecular flexibility index (Phi) is 3.70. The van der Waals surface area contributed by atoms with Crippen molar-refractivity contribution in [2.45, 2.75) is 19.5 Å². The molecule has 100 valence electrons. The molecule has 1 atom stereocenters. The molecule has 1 aromatic carbocycles. The summed E-state index contributed by atoms with van der Waals surface area (Å²) in [5, 5.41) is 5.93. The molecule has 3 aromatic rings. The fraction of sp³-hybridized carbons (Fsp3) is 0.176. The molecular weight excluding hydrogens is 246 g/mol. The Morgan fingerprint density at radius 2 is 1.90 bits per heavy atom. The molecule has 0 radical (unpaired) electrons. The Balaban J connectivity index is 1.70. The second-order valence-electron chi connectivity index (χ2n) is 4.95. The van der Waals surface area contributed by atoms with Crippen molar-refractivity contribution in [2.75, 3.05) is 0 Å². The van der Waals surface area contributed by atoms with Crippen molar-refractivity contribution in [3.05, 3.63) is 72.3 Å². The molecule has 1 N–H and O–H groups in total. The van der Waals surface area contributed by atoms with Gasteiger partial charge in [-0.05, 0) is 41.6 Å². The second kappa shape index (κ2) is 5.80. The number of hydrogen-bond acceptors (Lipinski definition) is 3. The first-order valence-corrected chi connectivity index (χ1v) is 6.79. The molecule has 3 heteroatoms. The van der Waals surface area contributed by atoms with Gasteiger partial charge in [0, 0.05) is 42.8 Å². The molecule has 0 fully saturated rings. The first-order valence-electron chi connectivity index (χ1n) is 6.79. The average molecular weight is 263 g/mol. The number of nitrogens with one attached hydrogen (secondary N) is 1. The third-order valence-corrected chi connectivity index (χ3v) is 3.50. The van der Waals surface area contributed by atoms with Crippen molar-refractivity contribution < 1.29 is 0 Å². The maximum atomic E-state index is 4.15. The van der Waals surface area contributed by atoms with E-state index in [1.807, 2.05) is 30.7 Å². The largest absolute Gasteiger partial charge is 0.306 e. The van der Waals surface area contributed by atoms with Gasteiger partial charge in [-0.1, -0.05) is 18.2 Å². The Morgan fingerprint density at radius 1 is 1.00 bits per heavy atom. The molecule has 2 aromatic heterocycles. The Bertz CT molecular complexity index is 695. The first kappa shape index (κ1) is 12.8. The maximum absolute atomic E-state index is 4.15. The normalized spacial score (nSPS) is 12.4. The first-order chi connectivity index (χ1) is 9.83. The lowest BCUT2D eigenvalue weighted by Crippen LogP contribution is -2.18. The zero-order chi connectivity index (χ0) is 13.8. The molecule has 0 saturated carbocycles. The second-order valence-corrected chi connectivity index (χ2v) is 4.95. The van der Waals surface area contributed by atoms with Gasteiger partial charge in [0.1, 0.15) is 0 Å². The highest BCUT2D eigenvalue weighted by atomic mass is 14.9. The fourth-order valence-electron chi connectivity index (χ4n) is 2.26. The van der Waals surface area contributed by atoms with Crippen LogP contribution in [0.25, 0.3) is 10.8 Å². The molecule has 0 aliphatic carbocycles. The summed E-state index contributed by atoms with van der Waals surface area (Å²) in [6.45, 7) is 3.00. The summed E-state index contributed by atoms with van der Waals surface area (Å²) in [4.78, 5) is 8.29. The SMILES string of the molecule is CC(NCc1ccc2cnccc2c1)c1cccnc1. The van der Waals surface area contributed by atoms with Gasteiger partial charge in [0.25, 0.3) is 0 Å². The van der Waals surface area contributed by atoms with E-state index in [-0.39, 0.29) is 6.04 Å². The van der Waals surface area contributed by atoms with Gasteiger partial charge in [-0.25, -0.2) is 0 Å². The third-order valence-electron chi connectivity index (χ3n) is 3.50. The third kappa shape index (κ3) is 2.83. The minimum Gasteiger partial charge on any atom is -0.306 e. The van der Waals surface area contributed by atoms with Crippen LogP contribution in [0.5, 0.6) is 0 Å². The Labute approximate surface area is 118 Å². The molecular formula is C17H17N3. The van der Waals surface area contributed by atoms with Crippen LogP contribution in [-0.2, 0) is 6.54 Å². The molecule has 0 amide bonds. The summed E-state index contributed by atoms with van der Waals surface area (Å²) in [5.74, 6) is 0. The topological polar surface area (TPSA) is 37.8 Å².